The normalized spacial score (nSPS) is 12.6. The highest BCUT2D eigenvalue weighted by Crippen LogP contribution is 2.27. The molecular weight excluding hydrogens is 244 g/mol. The van der Waals surface area contributed by atoms with Crippen molar-refractivity contribution < 1.29 is 0 Å². The summed E-state index contributed by atoms with van der Waals surface area (Å²) in [5.74, 6) is 0.647. The maximum Gasteiger partial charge on any atom is 0.0445 e. The number of nitrogens with one attached hydrogen (secondary N) is 1. The molecule has 0 aliphatic carbocycles. The summed E-state index contributed by atoms with van der Waals surface area (Å²) in [5, 5.41) is 6.12. The Kier molecular flexibility index (Phi) is 5.42. The number of nitrogens with zero attached hydrogens (tertiary/aromatic N) is 1. The van der Waals surface area contributed by atoms with E-state index in [0.29, 0.717) is 5.92 Å². The van der Waals surface area contributed by atoms with Crippen molar-refractivity contribution in [3.05, 3.63) is 42.5 Å². The first kappa shape index (κ1) is 14.9. The van der Waals surface area contributed by atoms with Gasteiger partial charge in [0, 0.05) is 24.2 Å². The standard InChI is InChI=1S/C18H26N2/c1-4-19-13-15(3)14-20(5-2)18-12-8-10-16-9-6-7-11-17(16)18/h6-12,15,19H,4-5,13-14H2,1-3H3. The van der Waals surface area contributed by atoms with Gasteiger partial charge in [-0.2, -0.15) is 0 Å². The minimum absolute atomic E-state index is 0.647. The fourth-order valence-electron chi connectivity index (χ4n) is 2.71. The third-order valence-electron chi connectivity index (χ3n) is 3.76. The molecule has 108 valence electrons. The van der Waals surface area contributed by atoms with Crippen molar-refractivity contribution in [2.75, 3.05) is 31.1 Å². The topological polar surface area (TPSA) is 15.3 Å². The van der Waals surface area contributed by atoms with Gasteiger partial charge in [-0.1, -0.05) is 50.2 Å². The van der Waals surface area contributed by atoms with Crippen LogP contribution in [-0.4, -0.2) is 26.2 Å². The summed E-state index contributed by atoms with van der Waals surface area (Å²) >= 11 is 0. The van der Waals surface area contributed by atoms with Crippen LogP contribution in [0.3, 0.4) is 0 Å². The van der Waals surface area contributed by atoms with Gasteiger partial charge >= 0.3 is 0 Å². The van der Waals surface area contributed by atoms with E-state index in [9.17, 15) is 0 Å². The van der Waals surface area contributed by atoms with Crippen molar-refractivity contribution in [3.63, 3.8) is 0 Å². The van der Waals surface area contributed by atoms with E-state index in [4.69, 9.17) is 0 Å². The molecule has 0 amide bonds. The van der Waals surface area contributed by atoms with Gasteiger partial charge in [-0.25, -0.2) is 0 Å². The summed E-state index contributed by atoms with van der Waals surface area (Å²) in [4.78, 5) is 2.49. The summed E-state index contributed by atoms with van der Waals surface area (Å²) in [5.41, 5.74) is 1.36. The molecule has 0 aliphatic heterocycles. The van der Waals surface area contributed by atoms with Gasteiger partial charge in [-0.05, 0) is 37.4 Å². The van der Waals surface area contributed by atoms with Gasteiger partial charge in [-0.3, -0.25) is 0 Å². The minimum atomic E-state index is 0.647. The van der Waals surface area contributed by atoms with Gasteiger partial charge in [-0.15, -0.1) is 0 Å². The summed E-state index contributed by atoms with van der Waals surface area (Å²) in [6, 6.07) is 15.2. The van der Waals surface area contributed by atoms with Gasteiger partial charge in [0.25, 0.3) is 0 Å². The predicted octanol–water partition coefficient (Wildman–Crippen LogP) is 3.91. The Morgan fingerprint density at radius 2 is 1.80 bits per heavy atom. The molecule has 2 heteroatoms. The molecule has 2 aromatic carbocycles. The second-order valence-corrected chi connectivity index (χ2v) is 5.45. The molecule has 20 heavy (non-hydrogen) atoms. The third kappa shape index (κ3) is 3.51. The zero-order valence-electron chi connectivity index (χ0n) is 12.9. The first-order valence-electron chi connectivity index (χ1n) is 7.69. The van der Waals surface area contributed by atoms with Gasteiger partial charge in [0.2, 0.25) is 0 Å². The Labute approximate surface area is 122 Å². The van der Waals surface area contributed by atoms with Gasteiger partial charge < -0.3 is 10.2 Å². The highest BCUT2D eigenvalue weighted by atomic mass is 15.1. The lowest BCUT2D eigenvalue weighted by atomic mass is 10.1. The first-order chi connectivity index (χ1) is 9.76. The van der Waals surface area contributed by atoms with Crippen LogP contribution in [0.4, 0.5) is 5.69 Å². The lowest BCUT2D eigenvalue weighted by Gasteiger charge is -2.28. The molecule has 0 saturated carbocycles. The number of hydrogen-bond acceptors (Lipinski definition) is 2. The van der Waals surface area contributed by atoms with Crippen LogP contribution in [0.2, 0.25) is 0 Å². The second kappa shape index (κ2) is 7.30. The van der Waals surface area contributed by atoms with Crippen molar-refractivity contribution in [1.82, 2.24) is 5.32 Å². The Bertz CT molecular complexity index is 530. The SMILES string of the molecule is CCNCC(C)CN(CC)c1cccc2ccccc12. The molecule has 0 saturated heterocycles. The lowest BCUT2D eigenvalue weighted by Crippen LogP contribution is -2.33. The highest BCUT2D eigenvalue weighted by molar-refractivity contribution is 5.94. The number of rotatable bonds is 7. The summed E-state index contributed by atoms with van der Waals surface area (Å²) in [6.45, 7) is 11.0. The number of benzene rings is 2. The number of fused-ring (bicyclic) bond motifs is 1. The van der Waals surface area contributed by atoms with E-state index in [-0.39, 0.29) is 0 Å². The third-order valence-corrected chi connectivity index (χ3v) is 3.76. The molecule has 0 aromatic heterocycles. The molecular formula is C18H26N2. The highest BCUT2D eigenvalue weighted by Gasteiger charge is 2.11. The molecule has 0 spiro atoms. The van der Waals surface area contributed by atoms with Gasteiger partial charge in [0.1, 0.15) is 0 Å². The molecule has 0 heterocycles. The monoisotopic (exact) mass is 270 g/mol. The van der Waals surface area contributed by atoms with E-state index in [1.165, 1.54) is 16.5 Å². The molecule has 0 fully saturated rings. The first-order valence-corrected chi connectivity index (χ1v) is 7.69. The van der Waals surface area contributed by atoms with Crippen molar-refractivity contribution in [2.45, 2.75) is 20.8 Å². The van der Waals surface area contributed by atoms with Crippen molar-refractivity contribution in [1.29, 1.82) is 0 Å². The van der Waals surface area contributed by atoms with Crippen LogP contribution in [0.15, 0.2) is 42.5 Å². The number of hydrogen-bond donors (Lipinski definition) is 1. The Morgan fingerprint density at radius 1 is 1.05 bits per heavy atom. The maximum atomic E-state index is 3.44. The quantitative estimate of drug-likeness (QED) is 0.820. The molecule has 0 bridgehead atoms. The molecule has 0 aliphatic rings. The van der Waals surface area contributed by atoms with Crippen molar-refractivity contribution in [3.8, 4) is 0 Å². The van der Waals surface area contributed by atoms with Crippen LogP contribution >= 0.6 is 0 Å². The molecule has 2 aromatic rings. The van der Waals surface area contributed by atoms with Crippen LogP contribution in [0.5, 0.6) is 0 Å². The molecule has 1 unspecified atom stereocenters. The fraction of sp³-hybridized carbons (Fsp3) is 0.444. The molecule has 1 N–H and O–H groups in total. The van der Waals surface area contributed by atoms with Crippen molar-refractivity contribution >= 4 is 16.5 Å². The van der Waals surface area contributed by atoms with Crippen LogP contribution in [-0.2, 0) is 0 Å². The van der Waals surface area contributed by atoms with Gasteiger partial charge in [0.15, 0.2) is 0 Å². The molecule has 0 radical (unpaired) electrons. The van der Waals surface area contributed by atoms with Gasteiger partial charge in [0.05, 0.1) is 0 Å². The number of anilines is 1. The zero-order chi connectivity index (χ0) is 14.4. The van der Waals surface area contributed by atoms with Crippen LogP contribution in [0.1, 0.15) is 20.8 Å². The van der Waals surface area contributed by atoms with Crippen LogP contribution < -0.4 is 10.2 Å². The Morgan fingerprint density at radius 3 is 2.55 bits per heavy atom. The fourth-order valence-corrected chi connectivity index (χ4v) is 2.71. The lowest BCUT2D eigenvalue weighted by molar-refractivity contribution is 0.516. The smallest absolute Gasteiger partial charge is 0.0445 e. The summed E-state index contributed by atoms with van der Waals surface area (Å²) in [6.07, 6.45) is 0. The molecule has 2 rings (SSSR count). The molecule has 2 nitrogen and oxygen atoms in total. The van der Waals surface area contributed by atoms with Crippen LogP contribution in [0.25, 0.3) is 10.8 Å². The summed E-state index contributed by atoms with van der Waals surface area (Å²) in [7, 11) is 0. The zero-order valence-corrected chi connectivity index (χ0v) is 12.9. The summed E-state index contributed by atoms with van der Waals surface area (Å²) < 4.78 is 0. The predicted molar refractivity (Wildman–Crippen MR) is 89.5 cm³/mol. The van der Waals surface area contributed by atoms with Crippen LogP contribution in [0, 0.1) is 5.92 Å². The Balaban J connectivity index is 2.21. The maximum absolute atomic E-state index is 3.44. The van der Waals surface area contributed by atoms with E-state index in [1.807, 2.05) is 0 Å². The second-order valence-electron chi connectivity index (χ2n) is 5.45. The average Bonchev–Trinajstić information content (AvgIpc) is 2.50. The van der Waals surface area contributed by atoms with E-state index in [0.717, 1.165) is 26.2 Å². The Hall–Kier alpha value is -1.54. The average molecular weight is 270 g/mol. The van der Waals surface area contributed by atoms with Crippen molar-refractivity contribution in [2.24, 2.45) is 5.92 Å². The largest absolute Gasteiger partial charge is 0.371 e. The minimum Gasteiger partial charge on any atom is -0.371 e. The van der Waals surface area contributed by atoms with E-state index < -0.39 is 0 Å². The van der Waals surface area contributed by atoms with E-state index >= 15 is 0 Å². The van der Waals surface area contributed by atoms with E-state index in [1.54, 1.807) is 0 Å². The van der Waals surface area contributed by atoms with E-state index in [2.05, 4.69) is 73.5 Å². The molecule has 1 atom stereocenters.